The zero-order chi connectivity index (χ0) is 20.1. The Balaban J connectivity index is 1.43. The van der Waals surface area contributed by atoms with Gasteiger partial charge in [0.2, 0.25) is 5.95 Å². The molecule has 0 bridgehead atoms. The van der Waals surface area contributed by atoms with Gasteiger partial charge in [-0.05, 0) is 24.3 Å². The highest BCUT2D eigenvalue weighted by atomic mass is 16.6. The topological polar surface area (TPSA) is 105 Å². The van der Waals surface area contributed by atoms with E-state index in [1.807, 2.05) is 24.3 Å². The molecule has 1 saturated heterocycles. The first-order valence-corrected chi connectivity index (χ1v) is 9.52. The zero-order valence-electron chi connectivity index (χ0n) is 15.9. The van der Waals surface area contributed by atoms with Crippen molar-refractivity contribution in [3.8, 4) is 0 Å². The van der Waals surface area contributed by atoms with Crippen molar-refractivity contribution in [2.24, 2.45) is 0 Å². The summed E-state index contributed by atoms with van der Waals surface area (Å²) in [5.41, 5.74) is 1.81. The average Bonchev–Trinajstić information content (AvgIpc) is 2.77. The van der Waals surface area contributed by atoms with Crippen molar-refractivity contribution in [2.45, 2.75) is 0 Å². The maximum Gasteiger partial charge on any atom is 0.269 e. The lowest BCUT2D eigenvalue weighted by Crippen LogP contribution is -2.37. The average molecular weight is 394 g/mol. The molecule has 1 aliphatic heterocycles. The molecule has 0 atom stereocenters. The van der Waals surface area contributed by atoms with Gasteiger partial charge in [0.1, 0.15) is 5.82 Å². The fourth-order valence-electron chi connectivity index (χ4n) is 3.19. The summed E-state index contributed by atoms with van der Waals surface area (Å²) in [4.78, 5) is 21.9. The van der Waals surface area contributed by atoms with Crippen molar-refractivity contribution < 1.29 is 9.66 Å². The molecule has 29 heavy (non-hydrogen) atoms. The van der Waals surface area contributed by atoms with Gasteiger partial charge in [-0.2, -0.15) is 4.98 Å². The standard InChI is InChI=1S/C20H22N6O3/c27-26(28)16-7-5-15(6-8-16)21-9-10-22-19-17-3-1-2-4-18(17)23-20(24-19)25-11-13-29-14-12-25/h1-8,21H,9-14H2,(H,22,23,24). The van der Waals surface area contributed by atoms with Crippen LogP contribution in [0.25, 0.3) is 10.9 Å². The van der Waals surface area contributed by atoms with E-state index < -0.39 is 4.92 Å². The molecule has 9 nitrogen and oxygen atoms in total. The van der Waals surface area contributed by atoms with Crippen LogP contribution >= 0.6 is 0 Å². The zero-order valence-corrected chi connectivity index (χ0v) is 15.9. The van der Waals surface area contributed by atoms with Crippen LogP contribution in [0.15, 0.2) is 48.5 Å². The Labute approximate surface area is 167 Å². The predicted octanol–water partition coefficient (Wildman–Crippen LogP) is 2.90. The molecule has 0 unspecified atom stereocenters. The molecule has 4 rings (SSSR count). The van der Waals surface area contributed by atoms with E-state index in [9.17, 15) is 10.1 Å². The minimum Gasteiger partial charge on any atom is -0.383 e. The summed E-state index contributed by atoms with van der Waals surface area (Å²) in [7, 11) is 0. The van der Waals surface area contributed by atoms with Gasteiger partial charge in [0, 0.05) is 49.4 Å². The molecule has 0 aliphatic carbocycles. The molecule has 1 fully saturated rings. The second-order valence-electron chi connectivity index (χ2n) is 6.65. The molecule has 1 aromatic heterocycles. The normalized spacial score (nSPS) is 14.0. The maximum absolute atomic E-state index is 10.7. The lowest BCUT2D eigenvalue weighted by Gasteiger charge is -2.27. The number of para-hydroxylation sites is 1. The Hall–Kier alpha value is -3.46. The van der Waals surface area contributed by atoms with Crippen molar-refractivity contribution in [1.82, 2.24) is 9.97 Å². The van der Waals surface area contributed by atoms with E-state index in [0.717, 1.165) is 35.5 Å². The highest BCUT2D eigenvalue weighted by molar-refractivity contribution is 5.90. The van der Waals surface area contributed by atoms with E-state index in [4.69, 9.17) is 14.7 Å². The number of nitro benzene ring substituents is 1. The molecule has 0 radical (unpaired) electrons. The Bertz CT molecular complexity index is 989. The molecular formula is C20H22N6O3. The second-order valence-corrected chi connectivity index (χ2v) is 6.65. The molecule has 150 valence electrons. The highest BCUT2D eigenvalue weighted by Gasteiger charge is 2.16. The van der Waals surface area contributed by atoms with E-state index in [2.05, 4.69) is 15.5 Å². The third kappa shape index (κ3) is 4.52. The van der Waals surface area contributed by atoms with Crippen LogP contribution in [0.2, 0.25) is 0 Å². The number of morpholine rings is 1. The first-order valence-electron chi connectivity index (χ1n) is 9.52. The van der Waals surface area contributed by atoms with Crippen LogP contribution in [0.3, 0.4) is 0 Å². The number of non-ortho nitro benzene ring substituents is 1. The molecule has 0 spiro atoms. The third-order valence-corrected chi connectivity index (χ3v) is 4.71. The largest absolute Gasteiger partial charge is 0.383 e. The maximum atomic E-state index is 10.7. The Morgan fingerprint density at radius 3 is 2.48 bits per heavy atom. The van der Waals surface area contributed by atoms with E-state index in [1.165, 1.54) is 12.1 Å². The molecule has 0 amide bonds. The van der Waals surface area contributed by atoms with Gasteiger partial charge >= 0.3 is 0 Å². The SMILES string of the molecule is O=[N+]([O-])c1ccc(NCCNc2nc(N3CCOCC3)nc3ccccc23)cc1. The fourth-order valence-corrected chi connectivity index (χ4v) is 3.19. The summed E-state index contributed by atoms with van der Waals surface area (Å²) >= 11 is 0. The van der Waals surface area contributed by atoms with Crippen molar-refractivity contribution >= 4 is 34.0 Å². The molecule has 0 saturated carbocycles. The summed E-state index contributed by atoms with van der Waals surface area (Å²) < 4.78 is 5.42. The number of anilines is 3. The summed E-state index contributed by atoms with van der Waals surface area (Å²) in [6.45, 7) is 4.19. The van der Waals surface area contributed by atoms with Gasteiger partial charge in [-0.1, -0.05) is 12.1 Å². The van der Waals surface area contributed by atoms with Gasteiger partial charge in [-0.25, -0.2) is 4.98 Å². The number of hydrogen-bond acceptors (Lipinski definition) is 8. The number of benzene rings is 2. The molecule has 2 aromatic carbocycles. The number of nitro groups is 1. The number of rotatable bonds is 7. The smallest absolute Gasteiger partial charge is 0.269 e. The van der Waals surface area contributed by atoms with E-state index >= 15 is 0 Å². The van der Waals surface area contributed by atoms with E-state index in [-0.39, 0.29) is 5.69 Å². The molecule has 3 aromatic rings. The molecule has 1 aliphatic rings. The van der Waals surface area contributed by atoms with E-state index in [0.29, 0.717) is 32.3 Å². The molecule has 9 heteroatoms. The highest BCUT2D eigenvalue weighted by Crippen LogP contribution is 2.24. The van der Waals surface area contributed by atoms with Crippen LogP contribution < -0.4 is 15.5 Å². The number of ether oxygens (including phenoxy) is 1. The van der Waals surface area contributed by atoms with Crippen LogP contribution in [0.4, 0.5) is 23.1 Å². The monoisotopic (exact) mass is 394 g/mol. The Morgan fingerprint density at radius 2 is 1.72 bits per heavy atom. The minimum atomic E-state index is -0.405. The number of fused-ring (bicyclic) bond motifs is 1. The van der Waals surface area contributed by atoms with Gasteiger partial charge in [0.25, 0.3) is 5.69 Å². The Kier molecular flexibility index (Phi) is 5.66. The predicted molar refractivity (Wildman–Crippen MR) is 113 cm³/mol. The Morgan fingerprint density at radius 1 is 1.00 bits per heavy atom. The second kappa shape index (κ2) is 8.70. The van der Waals surface area contributed by atoms with Gasteiger partial charge in [-0.15, -0.1) is 0 Å². The van der Waals surface area contributed by atoms with E-state index in [1.54, 1.807) is 12.1 Å². The van der Waals surface area contributed by atoms with Gasteiger partial charge in [0.15, 0.2) is 0 Å². The van der Waals surface area contributed by atoms with Gasteiger partial charge in [-0.3, -0.25) is 10.1 Å². The van der Waals surface area contributed by atoms with Crippen LogP contribution in [-0.4, -0.2) is 54.3 Å². The first kappa shape index (κ1) is 18.9. The minimum absolute atomic E-state index is 0.0803. The van der Waals surface area contributed by atoms with Crippen LogP contribution in [0, 0.1) is 10.1 Å². The van der Waals surface area contributed by atoms with Crippen molar-refractivity contribution in [3.63, 3.8) is 0 Å². The number of hydrogen-bond donors (Lipinski definition) is 2. The van der Waals surface area contributed by atoms with Crippen molar-refractivity contribution in [1.29, 1.82) is 0 Å². The van der Waals surface area contributed by atoms with Gasteiger partial charge in [0.05, 0.1) is 23.7 Å². The third-order valence-electron chi connectivity index (χ3n) is 4.71. The summed E-state index contributed by atoms with van der Waals surface area (Å²) in [5.74, 6) is 1.50. The number of nitrogens with zero attached hydrogens (tertiary/aromatic N) is 4. The quantitative estimate of drug-likeness (QED) is 0.358. The number of nitrogens with one attached hydrogen (secondary N) is 2. The first-order chi connectivity index (χ1) is 14.2. The molecular weight excluding hydrogens is 372 g/mol. The summed E-state index contributed by atoms with van der Waals surface area (Å²) in [5, 5.41) is 18.3. The summed E-state index contributed by atoms with van der Waals surface area (Å²) in [6, 6.07) is 14.3. The lowest BCUT2D eigenvalue weighted by atomic mass is 10.2. The summed E-state index contributed by atoms with van der Waals surface area (Å²) in [6.07, 6.45) is 0. The van der Waals surface area contributed by atoms with Crippen molar-refractivity contribution in [2.75, 3.05) is 54.9 Å². The van der Waals surface area contributed by atoms with Crippen LogP contribution in [0.1, 0.15) is 0 Å². The lowest BCUT2D eigenvalue weighted by molar-refractivity contribution is -0.384. The fraction of sp³-hybridized carbons (Fsp3) is 0.300. The molecule has 2 N–H and O–H groups in total. The van der Waals surface area contributed by atoms with Crippen molar-refractivity contribution in [3.05, 3.63) is 58.6 Å². The van der Waals surface area contributed by atoms with Crippen LogP contribution in [-0.2, 0) is 4.74 Å². The van der Waals surface area contributed by atoms with Gasteiger partial charge < -0.3 is 20.3 Å². The molecule has 2 heterocycles. The number of aromatic nitrogens is 2. The van der Waals surface area contributed by atoms with Crippen LogP contribution in [0.5, 0.6) is 0 Å².